The van der Waals surface area contributed by atoms with Gasteiger partial charge in [-0.15, -0.1) is 0 Å². The van der Waals surface area contributed by atoms with Crippen LogP contribution in [0.5, 0.6) is 0 Å². The normalized spacial score (nSPS) is 38.6. The predicted molar refractivity (Wildman–Crippen MR) is 64.9 cm³/mol. The van der Waals surface area contributed by atoms with Crippen LogP contribution in [0.2, 0.25) is 0 Å². The van der Waals surface area contributed by atoms with Gasteiger partial charge in [0.1, 0.15) is 0 Å². The van der Waals surface area contributed by atoms with Gasteiger partial charge in [0.2, 0.25) is 5.91 Å². The summed E-state index contributed by atoms with van der Waals surface area (Å²) in [5, 5.41) is 3.48. The van der Waals surface area contributed by atoms with Gasteiger partial charge in [0.25, 0.3) is 0 Å². The van der Waals surface area contributed by atoms with Gasteiger partial charge in [-0.1, -0.05) is 34.1 Å². The van der Waals surface area contributed by atoms with Crippen LogP contribution in [0.3, 0.4) is 0 Å². The summed E-state index contributed by atoms with van der Waals surface area (Å²) in [7, 11) is 0. The van der Waals surface area contributed by atoms with E-state index in [4.69, 9.17) is 0 Å². The van der Waals surface area contributed by atoms with Gasteiger partial charge >= 0.3 is 0 Å². The molecule has 0 aromatic carbocycles. The van der Waals surface area contributed by atoms with Crippen molar-refractivity contribution in [1.29, 1.82) is 0 Å². The molecule has 0 aromatic heterocycles. The highest BCUT2D eigenvalue weighted by Crippen LogP contribution is 2.41. The fraction of sp³-hybridized carbons (Fsp3) is 0.923. The van der Waals surface area contributed by atoms with Crippen molar-refractivity contribution in [2.24, 2.45) is 11.8 Å². The van der Waals surface area contributed by atoms with E-state index in [1.165, 1.54) is 12.8 Å². The number of carbonyl (C=O) groups is 1. The first-order chi connectivity index (χ1) is 7.60. The highest BCUT2D eigenvalue weighted by molar-refractivity contribution is 5.85. The topological polar surface area (TPSA) is 32.3 Å². The SMILES string of the molecule is CCC1NC(C(C)C)N(C2CC2CC)C1=O. The quantitative estimate of drug-likeness (QED) is 0.792. The molecule has 2 aliphatic rings. The molecule has 1 aliphatic carbocycles. The number of nitrogens with zero attached hydrogens (tertiary/aromatic N) is 1. The minimum absolute atomic E-state index is 0.0607. The third-order valence-corrected chi connectivity index (χ3v) is 4.03. The Kier molecular flexibility index (Phi) is 3.24. The summed E-state index contributed by atoms with van der Waals surface area (Å²) in [5.74, 6) is 1.59. The van der Waals surface area contributed by atoms with Crippen molar-refractivity contribution in [1.82, 2.24) is 10.2 Å². The van der Waals surface area contributed by atoms with Crippen LogP contribution in [-0.2, 0) is 4.79 Å². The van der Waals surface area contributed by atoms with Gasteiger partial charge in [0.05, 0.1) is 12.2 Å². The number of carbonyl (C=O) groups excluding carboxylic acids is 1. The smallest absolute Gasteiger partial charge is 0.241 e. The second kappa shape index (κ2) is 4.36. The Morgan fingerprint density at radius 1 is 1.38 bits per heavy atom. The van der Waals surface area contributed by atoms with Crippen molar-refractivity contribution in [3.05, 3.63) is 0 Å². The Morgan fingerprint density at radius 2 is 2.06 bits per heavy atom. The van der Waals surface area contributed by atoms with E-state index in [-0.39, 0.29) is 12.2 Å². The molecule has 1 saturated heterocycles. The first-order valence-electron chi connectivity index (χ1n) is 6.68. The fourth-order valence-corrected chi connectivity index (χ4v) is 2.86. The van der Waals surface area contributed by atoms with Crippen LogP contribution >= 0.6 is 0 Å². The van der Waals surface area contributed by atoms with Crippen molar-refractivity contribution in [2.75, 3.05) is 0 Å². The fourth-order valence-electron chi connectivity index (χ4n) is 2.86. The molecule has 0 aromatic rings. The molecule has 4 unspecified atom stereocenters. The molecule has 0 spiro atoms. The molecule has 3 heteroatoms. The van der Waals surface area contributed by atoms with Gasteiger partial charge in [-0.2, -0.15) is 0 Å². The summed E-state index contributed by atoms with van der Waals surface area (Å²) in [6.45, 7) is 8.69. The maximum absolute atomic E-state index is 12.3. The Morgan fingerprint density at radius 3 is 2.50 bits per heavy atom. The number of hydrogen-bond acceptors (Lipinski definition) is 2. The lowest BCUT2D eigenvalue weighted by Gasteiger charge is -2.27. The zero-order chi connectivity index (χ0) is 11.9. The van der Waals surface area contributed by atoms with Crippen LogP contribution in [0.15, 0.2) is 0 Å². The first-order valence-corrected chi connectivity index (χ1v) is 6.68. The molecule has 2 rings (SSSR count). The minimum atomic E-state index is 0.0607. The second-order valence-electron chi connectivity index (χ2n) is 5.53. The average Bonchev–Trinajstić information content (AvgIpc) is 2.95. The Bertz CT molecular complexity index is 277. The van der Waals surface area contributed by atoms with E-state index in [0.29, 0.717) is 17.9 Å². The van der Waals surface area contributed by atoms with Crippen molar-refractivity contribution >= 4 is 5.91 Å². The van der Waals surface area contributed by atoms with Crippen molar-refractivity contribution in [3.63, 3.8) is 0 Å². The molecule has 2 fully saturated rings. The highest BCUT2D eigenvalue weighted by atomic mass is 16.2. The lowest BCUT2D eigenvalue weighted by atomic mass is 10.1. The summed E-state index contributed by atoms with van der Waals surface area (Å²) in [6, 6.07) is 0.583. The first kappa shape index (κ1) is 11.9. The van der Waals surface area contributed by atoms with E-state index in [9.17, 15) is 4.79 Å². The molecule has 3 nitrogen and oxygen atoms in total. The van der Waals surface area contributed by atoms with Crippen LogP contribution < -0.4 is 5.32 Å². The van der Waals surface area contributed by atoms with E-state index in [1.807, 2.05) is 0 Å². The lowest BCUT2D eigenvalue weighted by molar-refractivity contribution is -0.131. The van der Waals surface area contributed by atoms with Gasteiger partial charge in [0.15, 0.2) is 0 Å². The maximum Gasteiger partial charge on any atom is 0.241 e. The predicted octanol–water partition coefficient (Wildman–Crippen LogP) is 1.98. The Hall–Kier alpha value is -0.570. The van der Waals surface area contributed by atoms with Crippen LogP contribution in [0.1, 0.15) is 47.0 Å². The molecule has 0 bridgehead atoms. The van der Waals surface area contributed by atoms with Gasteiger partial charge in [-0.05, 0) is 24.7 Å². The van der Waals surface area contributed by atoms with E-state index in [0.717, 1.165) is 12.3 Å². The average molecular weight is 224 g/mol. The molecule has 1 aliphatic heterocycles. The third kappa shape index (κ3) is 1.86. The van der Waals surface area contributed by atoms with Gasteiger partial charge in [-0.3, -0.25) is 10.1 Å². The van der Waals surface area contributed by atoms with Crippen molar-refractivity contribution < 1.29 is 4.79 Å². The number of amides is 1. The summed E-state index contributed by atoms with van der Waals surface area (Å²) >= 11 is 0. The molecule has 1 N–H and O–H groups in total. The Balaban J connectivity index is 2.10. The zero-order valence-corrected chi connectivity index (χ0v) is 10.9. The molecule has 4 atom stereocenters. The number of hydrogen-bond donors (Lipinski definition) is 1. The minimum Gasteiger partial charge on any atom is -0.322 e. The van der Waals surface area contributed by atoms with Crippen LogP contribution in [0.25, 0.3) is 0 Å². The zero-order valence-electron chi connectivity index (χ0n) is 10.9. The van der Waals surface area contributed by atoms with Crippen LogP contribution in [-0.4, -0.2) is 29.1 Å². The standard InChI is InChI=1S/C13H24N2O/c1-5-9-7-11(9)15-12(8(3)4)14-10(6-2)13(15)16/h8-12,14H,5-7H2,1-4H3. The van der Waals surface area contributed by atoms with E-state index in [2.05, 4.69) is 37.9 Å². The van der Waals surface area contributed by atoms with E-state index < -0.39 is 0 Å². The summed E-state index contributed by atoms with van der Waals surface area (Å²) in [5.41, 5.74) is 0. The monoisotopic (exact) mass is 224 g/mol. The Labute approximate surface area is 98.6 Å². The molecule has 16 heavy (non-hydrogen) atoms. The summed E-state index contributed by atoms with van der Waals surface area (Å²) in [4.78, 5) is 14.4. The largest absolute Gasteiger partial charge is 0.322 e. The summed E-state index contributed by atoms with van der Waals surface area (Å²) < 4.78 is 0. The number of nitrogens with one attached hydrogen (secondary N) is 1. The van der Waals surface area contributed by atoms with E-state index >= 15 is 0 Å². The molecule has 92 valence electrons. The molecule has 0 radical (unpaired) electrons. The molecular weight excluding hydrogens is 200 g/mol. The molecule has 1 saturated carbocycles. The molecular formula is C13H24N2O. The summed E-state index contributed by atoms with van der Waals surface area (Å²) in [6.07, 6.45) is 3.58. The lowest BCUT2D eigenvalue weighted by Crippen LogP contribution is -2.43. The highest BCUT2D eigenvalue weighted by Gasteiger charge is 2.50. The maximum atomic E-state index is 12.3. The second-order valence-corrected chi connectivity index (χ2v) is 5.53. The van der Waals surface area contributed by atoms with Gasteiger partial charge in [0, 0.05) is 6.04 Å². The van der Waals surface area contributed by atoms with Crippen LogP contribution in [0.4, 0.5) is 0 Å². The third-order valence-electron chi connectivity index (χ3n) is 4.03. The van der Waals surface area contributed by atoms with Crippen LogP contribution in [0, 0.1) is 11.8 Å². The van der Waals surface area contributed by atoms with Crippen molar-refractivity contribution in [2.45, 2.75) is 65.2 Å². The molecule has 1 heterocycles. The van der Waals surface area contributed by atoms with Gasteiger partial charge < -0.3 is 4.90 Å². The molecule has 1 amide bonds. The number of rotatable bonds is 4. The van der Waals surface area contributed by atoms with Gasteiger partial charge in [-0.25, -0.2) is 0 Å². The van der Waals surface area contributed by atoms with E-state index in [1.54, 1.807) is 0 Å². The van der Waals surface area contributed by atoms with Crippen molar-refractivity contribution in [3.8, 4) is 0 Å².